The molecule has 0 saturated carbocycles. The molecule has 0 spiro atoms. The molecule has 0 atom stereocenters. The molecule has 0 bridgehead atoms. The molecule has 1 aromatic carbocycles. The second-order valence-electron chi connectivity index (χ2n) is 2.04. The van der Waals surface area contributed by atoms with Gasteiger partial charge in [0.25, 0.3) is 0 Å². The first kappa shape index (κ1) is 8.46. The average Bonchev–Trinajstić information content (AvgIpc) is 2.05. The van der Waals surface area contributed by atoms with Crippen molar-refractivity contribution in [3.63, 3.8) is 0 Å². The van der Waals surface area contributed by atoms with Gasteiger partial charge in [-0.05, 0) is 12.1 Å². The Labute approximate surface area is 70.4 Å². The molecule has 1 aromatic rings. The molecular formula is C9H7NO2. The largest absolute Gasteiger partial charge is 0.480 e. The molecule has 12 heavy (non-hydrogen) atoms. The van der Waals surface area contributed by atoms with Crippen molar-refractivity contribution in [2.75, 3.05) is 0 Å². The van der Waals surface area contributed by atoms with E-state index in [9.17, 15) is 4.79 Å². The van der Waals surface area contributed by atoms with Gasteiger partial charge in [-0.15, -0.1) is 0 Å². The summed E-state index contributed by atoms with van der Waals surface area (Å²) in [5.41, 5.74) is 0.714. The van der Waals surface area contributed by atoms with Crippen LogP contribution in [0.3, 0.4) is 0 Å². The van der Waals surface area contributed by atoms with Gasteiger partial charge in [-0.1, -0.05) is 18.2 Å². The Bertz CT molecular complexity index is 280. The number of para-hydroxylation sites is 1. The van der Waals surface area contributed by atoms with Crippen LogP contribution in [0.15, 0.2) is 35.3 Å². The summed E-state index contributed by atoms with van der Waals surface area (Å²) in [6.07, 6.45) is 3.16. The van der Waals surface area contributed by atoms with Gasteiger partial charge in [0.15, 0.2) is 0 Å². The van der Waals surface area contributed by atoms with Crippen molar-refractivity contribution in [2.45, 2.75) is 0 Å². The van der Waals surface area contributed by atoms with Crippen LogP contribution in [0.1, 0.15) is 0 Å². The fraction of sp³-hybridized carbons (Fsp3) is 0. The van der Waals surface area contributed by atoms with Gasteiger partial charge >= 0.3 is 5.97 Å². The number of hydrogen-bond donors (Lipinski definition) is 1. The molecule has 0 unspecified atom stereocenters. The molecule has 0 heterocycles. The molecule has 0 aliphatic heterocycles. The van der Waals surface area contributed by atoms with Crippen molar-refractivity contribution in [2.24, 2.45) is 4.99 Å². The Morgan fingerprint density at radius 2 is 2.08 bits per heavy atom. The number of carbonyl (C=O) groups is 1. The monoisotopic (exact) mass is 161 g/mol. The molecule has 0 fully saturated rings. The number of carboxylic acids is 1. The predicted octanol–water partition coefficient (Wildman–Crippen LogP) is 1.55. The Kier molecular flexibility index (Phi) is 3.02. The summed E-state index contributed by atoms with van der Waals surface area (Å²) in [5.74, 6) is -1.12. The van der Waals surface area contributed by atoms with E-state index >= 15 is 0 Å². The summed E-state index contributed by atoms with van der Waals surface area (Å²) in [7, 11) is 0. The van der Waals surface area contributed by atoms with Crippen LogP contribution in [0.4, 0.5) is 5.69 Å². The third-order valence-corrected chi connectivity index (χ3v) is 1.16. The normalized spacial score (nSPS) is 10.3. The van der Waals surface area contributed by atoms with Crippen LogP contribution in [0.5, 0.6) is 0 Å². The molecule has 1 rings (SSSR count). The lowest BCUT2D eigenvalue weighted by Gasteiger charge is -1.88. The van der Waals surface area contributed by atoms with Crippen molar-refractivity contribution in [3.8, 4) is 0 Å². The molecule has 0 aliphatic carbocycles. The molecule has 0 aromatic heterocycles. The average molecular weight is 161 g/mol. The van der Waals surface area contributed by atoms with Crippen LogP contribution in [0, 0.1) is 6.42 Å². The van der Waals surface area contributed by atoms with E-state index < -0.39 is 5.97 Å². The zero-order valence-corrected chi connectivity index (χ0v) is 6.27. The van der Waals surface area contributed by atoms with E-state index in [0.29, 0.717) is 5.69 Å². The Morgan fingerprint density at radius 1 is 1.42 bits per heavy atom. The van der Waals surface area contributed by atoms with Gasteiger partial charge in [-0.25, -0.2) is 0 Å². The van der Waals surface area contributed by atoms with E-state index in [1.807, 2.05) is 24.6 Å². The Hall–Kier alpha value is -1.64. The van der Waals surface area contributed by atoms with Crippen molar-refractivity contribution in [1.82, 2.24) is 0 Å². The fourth-order valence-corrected chi connectivity index (χ4v) is 0.676. The van der Waals surface area contributed by atoms with E-state index in [0.717, 1.165) is 6.21 Å². The third-order valence-electron chi connectivity index (χ3n) is 1.16. The Balaban J connectivity index is 2.52. The number of benzene rings is 1. The lowest BCUT2D eigenvalue weighted by Crippen LogP contribution is -1.94. The van der Waals surface area contributed by atoms with Crippen molar-refractivity contribution >= 4 is 17.9 Å². The van der Waals surface area contributed by atoms with Gasteiger partial charge in [-0.3, -0.25) is 9.79 Å². The highest BCUT2D eigenvalue weighted by Gasteiger charge is 1.92. The van der Waals surface area contributed by atoms with E-state index in [-0.39, 0.29) is 0 Å². The zero-order chi connectivity index (χ0) is 8.81. The lowest BCUT2D eigenvalue weighted by molar-refractivity contribution is -0.132. The highest BCUT2D eigenvalue weighted by atomic mass is 16.4. The summed E-state index contributed by atoms with van der Waals surface area (Å²) in [6, 6.07) is 9.07. The van der Waals surface area contributed by atoms with Crippen molar-refractivity contribution in [1.29, 1.82) is 0 Å². The van der Waals surface area contributed by atoms with Crippen LogP contribution in [0.2, 0.25) is 0 Å². The summed E-state index contributed by atoms with van der Waals surface area (Å²) in [5, 5.41) is 8.19. The van der Waals surface area contributed by atoms with E-state index in [1.165, 1.54) is 0 Å². The second-order valence-corrected chi connectivity index (χ2v) is 2.04. The summed E-state index contributed by atoms with van der Waals surface area (Å²) >= 11 is 0. The van der Waals surface area contributed by atoms with Crippen molar-refractivity contribution in [3.05, 3.63) is 36.8 Å². The summed E-state index contributed by atoms with van der Waals surface area (Å²) in [4.78, 5) is 13.8. The maximum Gasteiger partial charge on any atom is 0.318 e. The number of aliphatic carboxylic acids is 1. The number of hydrogen-bond acceptors (Lipinski definition) is 2. The van der Waals surface area contributed by atoms with Gasteiger partial charge in [0.05, 0.1) is 5.69 Å². The SMILES string of the molecule is O=C(O)[C]C=Nc1ccccc1. The third kappa shape index (κ3) is 2.96. The Morgan fingerprint density at radius 3 is 2.67 bits per heavy atom. The first-order valence-electron chi connectivity index (χ1n) is 3.36. The topological polar surface area (TPSA) is 49.7 Å². The number of aliphatic imine (C=N–C) groups is 1. The molecule has 60 valence electrons. The first-order chi connectivity index (χ1) is 5.79. The van der Waals surface area contributed by atoms with Gasteiger partial charge in [0, 0.05) is 6.21 Å². The molecular weight excluding hydrogens is 154 g/mol. The predicted molar refractivity (Wildman–Crippen MR) is 45.5 cm³/mol. The molecule has 0 saturated heterocycles. The van der Waals surface area contributed by atoms with Crippen LogP contribution in [0.25, 0.3) is 0 Å². The zero-order valence-electron chi connectivity index (χ0n) is 6.27. The van der Waals surface area contributed by atoms with Gasteiger partial charge < -0.3 is 5.11 Å². The van der Waals surface area contributed by atoms with E-state index in [4.69, 9.17) is 5.11 Å². The highest BCUT2D eigenvalue weighted by Crippen LogP contribution is 2.08. The van der Waals surface area contributed by atoms with Gasteiger partial charge in [0.2, 0.25) is 0 Å². The van der Waals surface area contributed by atoms with Crippen LogP contribution in [-0.4, -0.2) is 17.3 Å². The van der Waals surface area contributed by atoms with E-state index in [1.54, 1.807) is 12.1 Å². The van der Waals surface area contributed by atoms with Crippen molar-refractivity contribution < 1.29 is 9.90 Å². The minimum absolute atomic E-state index is 0.714. The molecule has 0 amide bonds. The van der Waals surface area contributed by atoms with E-state index in [2.05, 4.69) is 4.99 Å². The molecule has 2 radical (unpaired) electrons. The molecule has 1 N–H and O–H groups in total. The maximum absolute atomic E-state index is 9.99. The fourth-order valence-electron chi connectivity index (χ4n) is 0.676. The molecule has 3 nitrogen and oxygen atoms in total. The second kappa shape index (κ2) is 4.28. The van der Waals surface area contributed by atoms with Crippen LogP contribution >= 0.6 is 0 Å². The highest BCUT2D eigenvalue weighted by molar-refractivity contribution is 5.97. The quantitative estimate of drug-likeness (QED) is 0.684. The smallest absolute Gasteiger partial charge is 0.318 e. The number of rotatable bonds is 3. The minimum Gasteiger partial charge on any atom is -0.480 e. The number of nitrogens with zero attached hydrogens (tertiary/aromatic N) is 1. The number of carboxylic acid groups (broad SMARTS) is 1. The van der Waals surface area contributed by atoms with Crippen LogP contribution < -0.4 is 0 Å². The minimum atomic E-state index is -1.12. The summed E-state index contributed by atoms with van der Waals surface area (Å²) < 4.78 is 0. The van der Waals surface area contributed by atoms with Gasteiger partial charge in [0.1, 0.15) is 6.42 Å². The van der Waals surface area contributed by atoms with Crippen LogP contribution in [-0.2, 0) is 4.79 Å². The first-order valence-corrected chi connectivity index (χ1v) is 3.36. The van der Waals surface area contributed by atoms with Gasteiger partial charge in [-0.2, -0.15) is 0 Å². The summed E-state index contributed by atoms with van der Waals surface area (Å²) in [6.45, 7) is 0. The molecule has 0 aliphatic rings. The lowest BCUT2D eigenvalue weighted by atomic mass is 10.3. The standard InChI is InChI=1S/C9H7NO2/c11-9(12)6-7-10-8-4-2-1-3-5-8/h1-5,7H,(H,11,12). The maximum atomic E-state index is 9.99. The molecule has 3 heteroatoms.